The van der Waals surface area contributed by atoms with Crippen molar-refractivity contribution in [3.05, 3.63) is 44.4 Å². The zero-order valence-electron chi connectivity index (χ0n) is 13.2. The molecule has 6 heteroatoms. The van der Waals surface area contributed by atoms with Crippen molar-refractivity contribution in [3.63, 3.8) is 0 Å². The molecule has 22 heavy (non-hydrogen) atoms. The van der Waals surface area contributed by atoms with E-state index in [-0.39, 0.29) is 5.91 Å². The van der Waals surface area contributed by atoms with Crippen molar-refractivity contribution in [2.75, 3.05) is 18.9 Å². The van der Waals surface area contributed by atoms with Crippen LogP contribution >= 0.6 is 22.9 Å². The van der Waals surface area contributed by atoms with Gasteiger partial charge in [0.1, 0.15) is 0 Å². The number of carbonyl (C=O) groups is 1. The zero-order valence-corrected chi connectivity index (χ0v) is 14.8. The molecule has 118 valence electrons. The first kappa shape index (κ1) is 16.9. The van der Waals surface area contributed by atoms with Crippen LogP contribution in [0.1, 0.15) is 22.4 Å². The molecule has 0 saturated heterocycles. The van der Waals surface area contributed by atoms with Crippen molar-refractivity contribution in [1.29, 1.82) is 0 Å². The average molecular weight is 338 g/mol. The topological polar surface area (TPSA) is 45.2 Å². The number of hydrogen-bond donors (Lipinski definition) is 1. The first-order valence-corrected chi connectivity index (χ1v) is 8.27. The molecule has 0 aliphatic heterocycles. The van der Waals surface area contributed by atoms with Crippen molar-refractivity contribution in [2.45, 2.75) is 27.3 Å². The van der Waals surface area contributed by atoms with Gasteiger partial charge in [-0.2, -0.15) is 0 Å². The van der Waals surface area contributed by atoms with Crippen LogP contribution in [-0.2, 0) is 11.3 Å². The SMILES string of the molecule is Cc1cc(C)c(NC(=O)CN(C)Cc2csc(Cl)n2)c(C)c1. The molecule has 1 amide bonds. The highest BCUT2D eigenvalue weighted by molar-refractivity contribution is 7.13. The fourth-order valence-corrected chi connectivity index (χ4v) is 3.26. The Morgan fingerprint density at radius 1 is 1.32 bits per heavy atom. The number of anilines is 1. The van der Waals surface area contributed by atoms with Gasteiger partial charge in [-0.05, 0) is 38.9 Å². The number of aromatic nitrogens is 1. The van der Waals surface area contributed by atoms with Gasteiger partial charge < -0.3 is 5.32 Å². The third-order valence-corrected chi connectivity index (χ3v) is 4.34. The Bertz CT molecular complexity index is 661. The summed E-state index contributed by atoms with van der Waals surface area (Å²) in [7, 11) is 1.89. The summed E-state index contributed by atoms with van der Waals surface area (Å²) in [6.07, 6.45) is 0. The van der Waals surface area contributed by atoms with E-state index in [1.165, 1.54) is 16.9 Å². The predicted molar refractivity (Wildman–Crippen MR) is 92.7 cm³/mol. The van der Waals surface area contributed by atoms with Crippen LogP contribution in [-0.4, -0.2) is 29.4 Å². The second kappa shape index (κ2) is 7.22. The lowest BCUT2D eigenvalue weighted by Crippen LogP contribution is -2.30. The van der Waals surface area contributed by atoms with E-state index in [0.29, 0.717) is 17.6 Å². The number of nitrogens with zero attached hydrogens (tertiary/aromatic N) is 2. The van der Waals surface area contributed by atoms with Gasteiger partial charge in [-0.25, -0.2) is 4.98 Å². The van der Waals surface area contributed by atoms with Gasteiger partial charge in [0.05, 0.1) is 12.2 Å². The van der Waals surface area contributed by atoms with Gasteiger partial charge in [-0.3, -0.25) is 9.69 Å². The van der Waals surface area contributed by atoms with Crippen molar-refractivity contribution < 1.29 is 4.79 Å². The number of rotatable bonds is 5. The lowest BCUT2D eigenvalue weighted by atomic mass is 10.1. The summed E-state index contributed by atoms with van der Waals surface area (Å²) >= 11 is 7.21. The van der Waals surface area contributed by atoms with Crippen molar-refractivity contribution in [1.82, 2.24) is 9.88 Å². The summed E-state index contributed by atoms with van der Waals surface area (Å²) in [5.74, 6) is -0.0288. The van der Waals surface area contributed by atoms with Crippen molar-refractivity contribution >= 4 is 34.5 Å². The van der Waals surface area contributed by atoms with Crippen LogP contribution in [0.3, 0.4) is 0 Å². The highest BCUT2D eigenvalue weighted by Gasteiger charge is 2.12. The maximum absolute atomic E-state index is 12.2. The van der Waals surface area contributed by atoms with Crippen LogP contribution in [0.25, 0.3) is 0 Å². The van der Waals surface area contributed by atoms with Crippen LogP contribution < -0.4 is 5.32 Å². The molecule has 0 unspecified atom stereocenters. The van der Waals surface area contributed by atoms with E-state index in [9.17, 15) is 4.79 Å². The average Bonchev–Trinajstić information content (AvgIpc) is 2.79. The number of benzene rings is 1. The highest BCUT2D eigenvalue weighted by Crippen LogP contribution is 2.22. The van der Waals surface area contributed by atoms with Gasteiger partial charge in [-0.15, -0.1) is 11.3 Å². The smallest absolute Gasteiger partial charge is 0.238 e. The van der Waals surface area contributed by atoms with E-state index in [1.54, 1.807) is 0 Å². The summed E-state index contributed by atoms with van der Waals surface area (Å²) in [6, 6.07) is 4.15. The molecular formula is C16H20ClN3OS. The van der Waals surface area contributed by atoms with E-state index < -0.39 is 0 Å². The normalized spacial score (nSPS) is 11.0. The van der Waals surface area contributed by atoms with E-state index in [0.717, 1.165) is 22.5 Å². The number of aryl methyl sites for hydroxylation is 3. The number of amides is 1. The lowest BCUT2D eigenvalue weighted by Gasteiger charge is -2.17. The lowest BCUT2D eigenvalue weighted by molar-refractivity contribution is -0.117. The van der Waals surface area contributed by atoms with Gasteiger partial charge in [0.25, 0.3) is 0 Å². The van der Waals surface area contributed by atoms with Gasteiger partial charge in [0.2, 0.25) is 5.91 Å². The highest BCUT2D eigenvalue weighted by atomic mass is 35.5. The van der Waals surface area contributed by atoms with Gasteiger partial charge >= 0.3 is 0 Å². The van der Waals surface area contributed by atoms with Gasteiger partial charge in [0, 0.05) is 17.6 Å². The van der Waals surface area contributed by atoms with Crippen molar-refractivity contribution in [2.24, 2.45) is 0 Å². The molecule has 0 radical (unpaired) electrons. The molecule has 0 aliphatic carbocycles. The fraction of sp³-hybridized carbons (Fsp3) is 0.375. The molecular weight excluding hydrogens is 318 g/mol. The molecule has 4 nitrogen and oxygen atoms in total. The number of hydrogen-bond acceptors (Lipinski definition) is 4. The van der Waals surface area contributed by atoms with Gasteiger partial charge in [0.15, 0.2) is 4.47 Å². The second-order valence-electron chi connectivity index (χ2n) is 5.59. The number of carbonyl (C=O) groups excluding carboxylic acids is 1. The molecule has 0 fully saturated rings. The Hall–Kier alpha value is -1.43. The summed E-state index contributed by atoms with van der Waals surface area (Å²) < 4.78 is 0.527. The van der Waals surface area contributed by atoms with E-state index in [4.69, 9.17) is 11.6 Å². The van der Waals surface area contributed by atoms with Crippen molar-refractivity contribution in [3.8, 4) is 0 Å². The van der Waals surface area contributed by atoms with Gasteiger partial charge in [-0.1, -0.05) is 29.3 Å². The van der Waals surface area contributed by atoms with E-state index in [1.807, 2.05) is 31.2 Å². The summed E-state index contributed by atoms with van der Waals surface area (Å²) in [5.41, 5.74) is 5.15. The Balaban J connectivity index is 1.95. The molecule has 0 spiro atoms. The van der Waals surface area contributed by atoms with Crippen LogP contribution in [0.5, 0.6) is 0 Å². The Morgan fingerprint density at radius 2 is 1.95 bits per heavy atom. The fourth-order valence-electron chi connectivity index (χ4n) is 2.49. The minimum Gasteiger partial charge on any atom is -0.324 e. The Morgan fingerprint density at radius 3 is 2.50 bits per heavy atom. The second-order valence-corrected chi connectivity index (χ2v) is 7.03. The molecule has 1 aromatic heterocycles. The molecule has 0 bridgehead atoms. The first-order valence-electron chi connectivity index (χ1n) is 7.01. The Labute approximate surface area is 140 Å². The minimum atomic E-state index is -0.0288. The largest absolute Gasteiger partial charge is 0.324 e. The zero-order chi connectivity index (χ0) is 16.3. The molecule has 2 rings (SSSR count). The minimum absolute atomic E-state index is 0.0288. The summed E-state index contributed by atoms with van der Waals surface area (Å²) in [4.78, 5) is 18.3. The number of likely N-dealkylation sites (N-methyl/N-ethyl adjacent to an activating group) is 1. The quantitative estimate of drug-likeness (QED) is 0.902. The monoisotopic (exact) mass is 337 g/mol. The number of halogens is 1. The molecule has 1 N–H and O–H groups in total. The molecule has 2 aromatic rings. The molecule has 0 saturated carbocycles. The third-order valence-electron chi connectivity index (χ3n) is 3.31. The standard InChI is InChI=1S/C16H20ClN3OS/c1-10-5-11(2)15(12(3)6-10)19-14(21)8-20(4)7-13-9-22-16(17)18-13/h5-6,9H,7-8H2,1-4H3,(H,19,21). The van der Waals surface area contributed by atoms with Crippen LogP contribution in [0.2, 0.25) is 4.47 Å². The summed E-state index contributed by atoms with van der Waals surface area (Å²) in [6.45, 7) is 6.98. The molecule has 0 atom stereocenters. The molecule has 1 heterocycles. The molecule has 0 aliphatic rings. The number of thiazole rings is 1. The molecule has 1 aromatic carbocycles. The van der Waals surface area contributed by atoms with Crippen LogP contribution in [0, 0.1) is 20.8 Å². The van der Waals surface area contributed by atoms with E-state index in [2.05, 4.69) is 29.4 Å². The van der Waals surface area contributed by atoms with E-state index >= 15 is 0 Å². The predicted octanol–water partition coefficient (Wildman–Crippen LogP) is 3.79. The summed E-state index contributed by atoms with van der Waals surface area (Å²) in [5, 5.41) is 4.91. The van der Waals surface area contributed by atoms with Crippen LogP contribution in [0.15, 0.2) is 17.5 Å². The first-order chi connectivity index (χ1) is 10.3. The Kier molecular flexibility index (Phi) is 5.56. The maximum Gasteiger partial charge on any atom is 0.238 e. The third kappa shape index (κ3) is 4.53. The maximum atomic E-state index is 12.2. The number of nitrogens with one attached hydrogen (secondary N) is 1. The van der Waals surface area contributed by atoms with Crippen LogP contribution in [0.4, 0.5) is 5.69 Å².